The van der Waals surface area contributed by atoms with Gasteiger partial charge in [-0.3, -0.25) is 4.79 Å². The standard InChI is InChI=1S/C10H15N3O5S.Na/c1-4-5-19(15,16)13-10(14)9-11-7(17-2)6-8(12-9)18-3;/h6H,4-5H2,1-3H3,(H,13,14);/q;+1. The first-order valence-electron chi connectivity index (χ1n) is 5.43. The number of rotatable bonds is 6. The van der Waals surface area contributed by atoms with Crippen molar-refractivity contribution in [3.8, 4) is 11.8 Å². The number of carbonyl (C=O) groups excluding carboxylic acids is 1. The van der Waals surface area contributed by atoms with Crippen LogP contribution >= 0.6 is 0 Å². The molecule has 20 heavy (non-hydrogen) atoms. The van der Waals surface area contributed by atoms with Gasteiger partial charge in [0.1, 0.15) is 0 Å². The summed E-state index contributed by atoms with van der Waals surface area (Å²) < 4.78 is 34.5. The fraction of sp³-hybridized carbons (Fsp3) is 0.500. The van der Waals surface area contributed by atoms with Gasteiger partial charge in [-0.1, -0.05) is 6.92 Å². The molecule has 1 aromatic heterocycles. The van der Waals surface area contributed by atoms with Gasteiger partial charge in [0, 0.05) is 0 Å². The summed E-state index contributed by atoms with van der Waals surface area (Å²) in [6.45, 7) is 1.69. The third kappa shape index (κ3) is 5.61. The number of aromatic nitrogens is 2. The molecule has 0 atom stereocenters. The van der Waals surface area contributed by atoms with Crippen molar-refractivity contribution in [3.63, 3.8) is 0 Å². The second-order valence-electron chi connectivity index (χ2n) is 3.53. The topological polar surface area (TPSA) is 107 Å². The third-order valence-corrected chi connectivity index (χ3v) is 3.46. The van der Waals surface area contributed by atoms with E-state index < -0.39 is 15.9 Å². The van der Waals surface area contributed by atoms with Crippen LogP contribution in [-0.4, -0.2) is 44.3 Å². The Balaban J connectivity index is 0.00000361. The molecule has 0 aliphatic heterocycles. The number of hydrogen-bond donors (Lipinski definition) is 1. The van der Waals surface area contributed by atoms with E-state index in [1.54, 1.807) is 6.92 Å². The van der Waals surface area contributed by atoms with E-state index in [0.717, 1.165) is 0 Å². The molecule has 1 N–H and O–H groups in total. The van der Waals surface area contributed by atoms with Crippen molar-refractivity contribution < 1.29 is 52.2 Å². The number of sulfonamides is 1. The van der Waals surface area contributed by atoms with Gasteiger partial charge in [-0.15, -0.1) is 0 Å². The molecule has 0 bridgehead atoms. The van der Waals surface area contributed by atoms with Gasteiger partial charge in [0.15, 0.2) is 0 Å². The first kappa shape index (κ1) is 19.1. The van der Waals surface area contributed by atoms with E-state index in [-0.39, 0.29) is 52.9 Å². The van der Waals surface area contributed by atoms with E-state index in [4.69, 9.17) is 9.47 Å². The average Bonchev–Trinajstić information content (AvgIpc) is 2.37. The third-order valence-electron chi connectivity index (χ3n) is 2.02. The molecule has 0 aliphatic rings. The first-order chi connectivity index (χ1) is 8.91. The van der Waals surface area contributed by atoms with Crippen LogP contribution < -0.4 is 43.8 Å². The Morgan fingerprint density at radius 2 is 1.75 bits per heavy atom. The predicted octanol–water partition coefficient (Wildman–Crippen LogP) is -3.03. The van der Waals surface area contributed by atoms with Crippen LogP contribution in [0.5, 0.6) is 11.8 Å². The van der Waals surface area contributed by atoms with Crippen LogP contribution in [0.15, 0.2) is 6.07 Å². The van der Waals surface area contributed by atoms with E-state index in [2.05, 4.69) is 9.97 Å². The molecule has 0 unspecified atom stereocenters. The van der Waals surface area contributed by atoms with Gasteiger partial charge in [-0.2, -0.15) is 9.97 Å². The fourth-order valence-corrected chi connectivity index (χ4v) is 2.23. The maximum atomic E-state index is 11.7. The molecule has 0 aromatic carbocycles. The normalized spacial score (nSPS) is 10.3. The molecule has 8 nitrogen and oxygen atoms in total. The molecule has 106 valence electrons. The van der Waals surface area contributed by atoms with E-state index in [0.29, 0.717) is 6.42 Å². The van der Waals surface area contributed by atoms with Crippen LogP contribution in [0.2, 0.25) is 0 Å². The van der Waals surface area contributed by atoms with Gasteiger partial charge in [-0.05, 0) is 6.42 Å². The molecular weight excluding hydrogens is 297 g/mol. The number of amides is 1. The number of nitrogens with one attached hydrogen (secondary N) is 1. The van der Waals surface area contributed by atoms with Crippen LogP contribution in [0.1, 0.15) is 24.0 Å². The Hall–Kier alpha value is -0.900. The van der Waals surface area contributed by atoms with E-state index in [9.17, 15) is 13.2 Å². The van der Waals surface area contributed by atoms with Gasteiger partial charge in [0.2, 0.25) is 27.6 Å². The van der Waals surface area contributed by atoms with Crippen LogP contribution in [0.4, 0.5) is 0 Å². The Bertz CT molecular complexity index is 542. The monoisotopic (exact) mass is 312 g/mol. The fourth-order valence-electron chi connectivity index (χ4n) is 1.22. The summed E-state index contributed by atoms with van der Waals surface area (Å²) in [6.07, 6.45) is 0.394. The van der Waals surface area contributed by atoms with Crippen LogP contribution in [0, 0.1) is 0 Å². The molecule has 0 fully saturated rings. The van der Waals surface area contributed by atoms with Gasteiger partial charge >= 0.3 is 35.5 Å². The summed E-state index contributed by atoms with van der Waals surface area (Å²) >= 11 is 0. The molecule has 1 amide bonds. The van der Waals surface area contributed by atoms with Crippen LogP contribution in [0.25, 0.3) is 0 Å². The minimum atomic E-state index is -3.68. The SMILES string of the molecule is CCCS(=O)(=O)NC(=O)c1nc(OC)cc(OC)n1.[Na+]. The second kappa shape index (κ2) is 8.40. The number of carbonyl (C=O) groups is 1. The quantitative estimate of drug-likeness (QED) is 0.557. The summed E-state index contributed by atoms with van der Waals surface area (Å²) in [6, 6.07) is 1.37. The predicted molar refractivity (Wildman–Crippen MR) is 66.7 cm³/mol. The summed E-state index contributed by atoms with van der Waals surface area (Å²) in [5.41, 5.74) is 0. The maximum Gasteiger partial charge on any atom is 1.00 e. The van der Waals surface area contributed by atoms with E-state index in [1.165, 1.54) is 20.3 Å². The average molecular weight is 312 g/mol. The van der Waals surface area contributed by atoms with Crippen molar-refractivity contribution >= 4 is 15.9 Å². The van der Waals surface area contributed by atoms with Gasteiger partial charge in [0.05, 0.1) is 26.0 Å². The van der Waals surface area contributed by atoms with Crippen molar-refractivity contribution in [3.05, 3.63) is 11.9 Å². The number of nitrogens with zero attached hydrogens (tertiary/aromatic N) is 2. The van der Waals surface area contributed by atoms with Gasteiger partial charge in [-0.25, -0.2) is 13.1 Å². The maximum absolute atomic E-state index is 11.7. The molecule has 1 aromatic rings. The van der Waals surface area contributed by atoms with Crippen molar-refractivity contribution in [2.75, 3.05) is 20.0 Å². The Morgan fingerprint density at radius 1 is 1.25 bits per heavy atom. The minimum Gasteiger partial charge on any atom is -0.481 e. The Labute approximate surface area is 139 Å². The second-order valence-corrected chi connectivity index (χ2v) is 5.37. The van der Waals surface area contributed by atoms with Crippen LogP contribution in [-0.2, 0) is 10.0 Å². The van der Waals surface area contributed by atoms with E-state index >= 15 is 0 Å². The molecule has 0 saturated carbocycles. The zero-order valence-electron chi connectivity index (χ0n) is 11.8. The first-order valence-corrected chi connectivity index (χ1v) is 7.09. The van der Waals surface area contributed by atoms with Crippen molar-refractivity contribution in [1.29, 1.82) is 0 Å². The number of ether oxygens (including phenoxy) is 2. The largest absolute Gasteiger partial charge is 1.00 e. The molecular formula is C10H15N3NaO5S+. The number of hydrogen-bond acceptors (Lipinski definition) is 7. The zero-order chi connectivity index (χ0) is 14.5. The summed E-state index contributed by atoms with van der Waals surface area (Å²) in [4.78, 5) is 19.3. The van der Waals surface area contributed by atoms with Crippen molar-refractivity contribution in [1.82, 2.24) is 14.7 Å². The summed E-state index contributed by atoms with van der Waals surface area (Å²) in [5, 5.41) is 0. The summed E-state index contributed by atoms with van der Waals surface area (Å²) in [5.74, 6) is -1.21. The molecule has 0 spiro atoms. The molecule has 0 saturated heterocycles. The molecule has 1 rings (SSSR count). The van der Waals surface area contributed by atoms with Crippen LogP contribution in [0.3, 0.4) is 0 Å². The molecule has 0 aliphatic carbocycles. The number of methoxy groups -OCH3 is 2. The van der Waals surface area contributed by atoms with Crippen molar-refractivity contribution in [2.24, 2.45) is 0 Å². The summed E-state index contributed by atoms with van der Waals surface area (Å²) in [7, 11) is -0.963. The molecule has 0 radical (unpaired) electrons. The zero-order valence-corrected chi connectivity index (χ0v) is 14.7. The molecule has 10 heteroatoms. The molecule has 1 heterocycles. The smallest absolute Gasteiger partial charge is 0.481 e. The Morgan fingerprint density at radius 3 is 2.15 bits per heavy atom. The minimum absolute atomic E-state index is 0. The van der Waals surface area contributed by atoms with Gasteiger partial charge in [0.25, 0.3) is 0 Å². The van der Waals surface area contributed by atoms with Crippen molar-refractivity contribution in [2.45, 2.75) is 13.3 Å². The Kier molecular flexibility index (Phi) is 8.02. The van der Waals surface area contributed by atoms with Gasteiger partial charge < -0.3 is 9.47 Å². The van der Waals surface area contributed by atoms with E-state index in [1.807, 2.05) is 4.72 Å².